The fraction of sp³-hybridized carbons (Fsp3) is 0.417. The van der Waals surface area contributed by atoms with Gasteiger partial charge in [-0.15, -0.1) is 0 Å². The van der Waals surface area contributed by atoms with E-state index in [4.69, 9.17) is 5.11 Å². The van der Waals surface area contributed by atoms with Gasteiger partial charge < -0.3 is 10.2 Å². The van der Waals surface area contributed by atoms with E-state index in [1.807, 2.05) is 13.8 Å². The lowest BCUT2D eigenvalue weighted by Crippen LogP contribution is -2.10. The molecule has 0 heterocycles. The summed E-state index contributed by atoms with van der Waals surface area (Å²) in [5, 5.41) is 18.4. The fourth-order valence-corrected chi connectivity index (χ4v) is 5.08. The van der Waals surface area contributed by atoms with Crippen LogP contribution in [0.15, 0.2) is 21.9 Å². The lowest BCUT2D eigenvalue weighted by Gasteiger charge is -2.23. The second kappa shape index (κ2) is 9.49. The van der Waals surface area contributed by atoms with Crippen molar-refractivity contribution in [3.8, 4) is 0 Å². The second-order valence-electron chi connectivity index (χ2n) is 7.70. The van der Waals surface area contributed by atoms with Gasteiger partial charge in [0, 0.05) is 22.6 Å². The zero-order chi connectivity index (χ0) is 21.9. The summed E-state index contributed by atoms with van der Waals surface area (Å²) in [5.41, 5.74) is 8.99. The Hall–Kier alpha value is -2.27. The Morgan fingerprint density at radius 3 is 1.69 bits per heavy atom. The molecule has 0 aromatic heterocycles. The van der Waals surface area contributed by atoms with Crippen molar-refractivity contribution in [3.05, 3.63) is 56.6 Å². The van der Waals surface area contributed by atoms with Gasteiger partial charge in [0.05, 0.1) is 0 Å². The molecule has 2 rings (SSSR count). The molecule has 29 heavy (non-hydrogen) atoms. The molecule has 0 radical (unpaired) electrons. The van der Waals surface area contributed by atoms with E-state index in [0.29, 0.717) is 12.8 Å². The Morgan fingerprint density at radius 1 is 0.690 bits per heavy atom. The fourth-order valence-electron chi connectivity index (χ4n) is 3.75. The number of carbonyl (C=O) groups is 2. The minimum atomic E-state index is -0.841. The number of carboxylic acid groups (broad SMARTS) is 2. The number of benzene rings is 2. The molecule has 0 atom stereocenters. The average molecular weight is 415 g/mol. The van der Waals surface area contributed by atoms with Crippen molar-refractivity contribution in [1.82, 2.24) is 0 Å². The highest BCUT2D eigenvalue weighted by atomic mass is 32.2. The standard InChI is InChI=1S/C24H30O4S/c1-13-7-8-14(2)23(15(13)3)29-24-17(5)16(4)19(9-11-21(25)26)20(18(24)6)10-12-22(27)28/h7-8H,9-12H2,1-6H3,(H,25,26)(H,27,28). The maximum atomic E-state index is 11.2. The zero-order valence-electron chi connectivity index (χ0n) is 18.1. The molecule has 2 aromatic rings. The van der Waals surface area contributed by atoms with E-state index in [-0.39, 0.29) is 12.8 Å². The number of hydrogen-bond acceptors (Lipinski definition) is 3. The molecule has 156 valence electrons. The summed E-state index contributed by atoms with van der Waals surface area (Å²) in [4.78, 5) is 24.8. The quantitative estimate of drug-likeness (QED) is 0.577. The Bertz CT molecular complexity index is 960. The minimum absolute atomic E-state index is 0.0377. The van der Waals surface area contributed by atoms with Gasteiger partial charge in [-0.1, -0.05) is 23.9 Å². The highest BCUT2D eigenvalue weighted by Gasteiger charge is 2.20. The van der Waals surface area contributed by atoms with Gasteiger partial charge in [-0.25, -0.2) is 0 Å². The van der Waals surface area contributed by atoms with Crippen molar-refractivity contribution in [2.24, 2.45) is 0 Å². The summed E-state index contributed by atoms with van der Waals surface area (Å²) < 4.78 is 0. The molecular formula is C24H30O4S. The molecule has 0 aliphatic heterocycles. The van der Waals surface area contributed by atoms with Crippen LogP contribution in [-0.4, -0.2) is 22.2 Å². The van der Waals surface area contributed by atoms with E-state index in [9.17, 15) is 14.7 Å². The van der Waals surface area contributed by atoms with Gasteiger partial charge in [0.25, 0.3) is 0 Å². The van der Waals surface area contributed by atoms with Crippen LogP contribution in [0.4, 0.5) is 0 Å². The molecule has 0 fully saturated rings. The van der Waals surface area contributed by atoms with Gasteiger partial charge in [0.2, 0.25) is 0 Å². The number of hydrogen-bond donors (Lipinski definition) is 2. The Balaban J connectivity index is 2.63. The van der Waals surface area contributed by atoms with Crippen LogP contribution in [0, 0.1) is 41.5 Å². The summed E-state index contributed by atoms with van der Waals surface area (Å²) in [6, 6.07) is 4.27. The zero-order valence-corrected chi connectivity index (χ0v) is 18.9. The summed E-state index contributed by atoms with van der Waals surface area (Å²) in [5.74, 6) is -1.68. The third-order valence-electron chi connectivity index (χ3n) is 5.77. The molecular weight excluding hydrogens is 384 g/mol. The third kappa shape index (κ3) is 5.21. The van der Waals surface area contributed by atoms with Gasteiger partial charge in [-0.05, 0) is 98.9 Å². The average Bonchev–Trinajstić information content (AvgIpc) is 2.65. The Morgan fingerprint density at radius 2 is 1.17 bits per heavy atom. The van der Waals surface area contributed by atoms with E-state index < -0.39 is 11.9 Å². The van der Waals surface area contributed by atoms with Crippen molar-refractivity contribution in [3.63, 3.8) is 0 Å². The molecule has 5 heteroatoms. The first kappa shape index (κ1) is 23.0. The lowest BCUT2D eigenvalue weighted by molar-refractivity contribution is -0.138. The molecule has 0 saturated heterocycles. The minimum Gasteiger partial charge on any atom is -0.481 e. The van der Waals surface area contributed by atoms with Crippen molar-refractivity contribution < 1.29 is 19.8 Å². The molecule has 4 nitrogen and oxygen atoms in total. The van der Waals surface area contributed by atoms with E-state index in [1.54, 1.807) is 11.8 Å². The number of aliphatic carboxylic acids is 2. The molecule has 0 aliphatic rings. The van der Waals surface area contributed by atoms with Crippen molar-refractivity contribution >= 4 is 23.7 Å². The van der Waals surface area contributed by atoms with Crippen molar-refractivity contribution in [1.29, 1.82) is 0 Å². The Kier molecular flexibility index (Phi) is 7.53. The first-order valence-corrected chi connectivity index (χ1v) is 10.7. The molecule has 2 N–H and O–H groups in total. The molecule has 0 unspecified atom stereocenters. The summed E-state index contributed by atoms with van der Waals surface area (Å²) >= 11 is 1.74. The lowest BCUT2D eigenvalue weighted by atomic mass is 9.88. The molecule has 0 aliphatic carbocycles. The first-order valence-electron chi connectivity index (χ1n) is 9.84. The highest BCUT2D eigenvalue weighted by Crippen LogP contribution is 2.41. The maximum absolute atomic E-state index is 11.2. The van der Waals surface area contributed by atoms with Gasteiger partial charge in [-0.3, -0.25) is 9.59 Å². The topological polar surface area (TPSA) is 74.6 Å². The van der Waals surface area contributed by atoms with Crippen LogP contribution in [0.3, 0.4) is 0 Å². The van der Waals surface area contributed by atoms with E-state index >= 15 is 0 Å². The third-order valence-corrected chi connectivity index (χ3v) is 7.42. The highest BCUT2D eigenvalue weighted by molar-refractivity contribution is 7.99. The van der Waals surface area contributed by atoms with Crippen LogP contribution < -0.4 is 0 Å². The normalized spacial score (nSPS) is 11.0. The van der Waals surface area contributed by atoms with E-state index in [1.165, 1.54) is 21.6 Å². The first-order chi connectivity index (χ1) is 13.5. The monoisotopic (exact) mass is 414 g/mol. The number of rotatable bonds is 8. The van der Waals surface area contributed by atoms with E-state index in [0.717, 1.165) is 32.7 Å². The second-order valence-corrected chi connectivity index (χ2v) is 8.72. The number of carboxylic acids is 2. The SMILES string of the molecule is Cc1ccc(C)c(Sc2c(C)c(C)c(CCC(=O)O)c(CCC(=O)O)c2C)c1C. The maximum Gasteiger partial charge on any atom is 0.303 e. The van der Waals surface area contributed by atoms with Gasteiger partial charge in [0.15, 0.2) is 0 Å². The van der Waals surface area contributed by atoms with Crippen molar-refractivity contribution in [2.45, 2.75) is 77.0 Å². The number of aryl methyl sites for hydroxylation is 2. The van der Waals surface area contributed by atoms with Crippen LogP contribution in [0.1, 0.15) is 57.3 Å². The summed E-state index contributed by atoms with van der Waals surface area (Å²) in [7, 11) is 0. The summed E-state index contributed by atoms with van der Waals surface area (Å²) in [6.07, 6.45) is 0.917. The van der Waals surface area contributed by atoms with Crippen LogP contribution in [0.2, 0.25) is 0 Å². The molecule has 0 spiro atoms. The smallest absolute Gasteiger partial charge is 0.303 e. The molecule has 2 aromatic carbocycles. The molecule has 0 amide bonds. The van der Waals surface area contributed by atoms with Crippen LogP contribution in [0.5, 0.6) is 0 Å². The van der Waals surface area contributed by atoms with Gasteiger partial charge in [0.1, 0.15) is 0 Å². The molecule has 0 saturated carbocycles. The summed E-state index contributed by atoms with van der Waals surface area (Å²) in [6.45, 7) is 12.5. The van der Waals surface area contributed by atoms with Gasteiger partial charge in [-0.2, -0.15) is 0 Å². The van der Waals surface area contributed by atoms with Gasteiger partial charge >= 0.3 is 11.9 Å². The van der Waals surface area contributed by atoms with Crippen LogP contribution in [-0.2, 0) is 22.4 Å². The molecule has 0 bridgehead atoms. The Labute approximate surface area is 177 Å². The predicted octanol–water partition coefficient (Wildman–Crippen LogP) is 5.72. The van der Waals surface area contributed by atoms with Crippen LogP contribution >= 0.6 is 11.8 Å². The van der Waals surface area contributed by atoms with Crippen molar-refractivity contribution in [2.75, 3.05) is 0 Å². The predicted molar refractivity (Wildman–Crippen MR) is 117 cm³/mol. The van der Waals surface area contributed by atoms with Crippen LogP contribution in [0.25, 0.3) is 0 Å². The largest absolute Gasteiger partial charge is 0.481 e. The van der Waals surface area contributed by atoms with E-state index in [2.05, 4.69) is 39.8 Å².